The zero-order chi connectivity index (χ0) is 12.1. The normalized spacial score (nSPS) is 10.5. The van der Waals surface area contributed by atoms with Crippen LogP contribution in [0.2, 0.25) is 0 Å². The van der Waals surface area contributed by atoms with Crippen molar-refractivity contribution in [1.29, 1.82) is 0 Å². The Hall–Kier alpha value is -1.85. The lowest BCUT2D eigenvalue weighted by molar-refractivity contribution is -0.282. The third-order valence-corrected chi connectivity index (χ3v) is 2.37. The molecule has 5 heteroatoms. The van der Waals surface area contributed by atoms with Gasteiger partial charge in [-0.3, -0.25) is 0 Å². The van der Waals surface area contributed by atoms with Crippen LogP contribution in [-0.2, 0) is 16.4 Å². The first kappa shape index (κ1) is 11.6. The minimum atomic E-state index is 0.346. The van der Waals surface area contributed by atoms with Crippen LogP contribution in [0.1, 0.15) is 5.56 Å². The van der Waals surface area contributed by atoms with Gasteiger partial charge >= 0.3 is 0 Å². The van der Waals surface area contributed by atoms with E-state index >= 15 is 0 Å². The van der Waals surface area contributed by atoms with Crippen molar-refractivity contribution in [3.8, 4) is 11.4 Å². The van der Waals surface area contributed by atoms with E-state index in [0.29, 0.717) is 6.61 Å². The van der Waals surface area contributed by atoms with Gasteiger partial charge in [0.25, 0.3) is 0 Å². The van der Waals surface area contributed by atoms with Crippen LogP contribution in [0.3, 0.4) is 0 Å². The van der Waals surface area contributed by atoms with E-state index in [2.05, 4.69) is 9.99 Å². The summed E-state index contributed by atoms with van der Waals surface area (Å²) in [5.74, 6) is 0.745. The number of hydrogen-bond acceptors (Lipinski definition) is 4. The summed E-state index contributed by atoms with van der Waals surface area (Å²) in [5, 5.41) is 4.16. The van der Waals surface area contributed by atoms with E-state index in [1.807, 2.05) is 30.5 Å². The summed E-state index contributed by atoms with van der Waals surface area (Å²) in [4.78, 5) is 9.46. The van der Waals surface area contributed by atoms with Crippen molar-refractivity contribution in [1.82, 2.24) is 9.78 Å². The number of ether oxygens (including phenoxy) is 1. The third kappa shape index (κ3) is 2.64. The summed E-state index contributed by atoms with van der Waals surface area (Å²) >= 11 is 0. The number of aromatic nitrogens is 2. The molecule has 0 unspecified atom stereocenters. The van der Waals surface area contributed by atoms with Crippen molar-refractivity contribution in [2.75, 3.05) is 14.2 Å². The first-order valence-electron chi connectivity index (χ1n) is 5.17. The topological polar surface area (TPSA) is 45.5 Å². The lowest BCUT2D eigenvalue weighted by Crippen LogP contribution is -1.99. The molecule has 0 aliphatic carbocycles. The maximum absolute atomic E-state index is 5.30. The molecular formula is C12H14N2O3. The number of benzene rings is 1. The Morgan fingerprint density at radius 3 is 2.82 bits per heavy atom. The van der Waals surface area contributed by atoms with Gasteiger partial charge in [0.2, 0.25) is 0 Å². The second-order valence-electron chi connectivity index (χ2n) is 3.38. The van der Waals surface area contributed by atoms with Crippen molar-refractivity contribution < 1.29 is 14.5 Å². The number of methoxy groups -OCH3 is 1. The van der Waals surface area contributed by atoms with Crippen LogP contribution >= 0.6 is 0 Å². The Labute approximate surface area is 99.5 Å². The fourth-order valence-corrected chi connectivity index (χ4v) is 1.54. The van der Waals surface area contributed by atoms with E-state index in [4.69, 9.17) is 9.62 Å². The molecule has 2 rings (SSSR count). The largest absolute Gasteiger partial charge is 0.496 e. The highest BCUT2D eigenvalue weighted by molar-refractivity contribution is 5.44. The summed E-state index contributed by atoms with van der Waals surface area (Å²) in [6.07, 6.45) is 3.61. The summed E-state index contributed by atoms with van der Waals surface area (Å²) < 4.78 is 7.07. The Morgan fingerprint density at radius 1 is 1.29 bits per heavy atom. The molecule has 5 nitrogen and oxygen atoms in total. The van der Waals surface area contributed by atoms with Crippen LogP contribution in [0.25, 0.3) is 5.69 Å². The van der Waals surface area contributed by atoms with Crippen LogP contribution in [0.5, 0.6) is 5.75 Å². The average molecular weight is 234 g/mol. The van der Waals surface area contributed by atoms with E-state index in [-0.39, 0.29) is 0 Å². The van der Waals surface area contributed by atoms with Gasteiger partial charge in [-0.15, -0.1) is 0 Å². The van der Waals surface area contributed by atoms with Gasteiger partial charge < -0.3 is 4.74 Å². The Bertz CT molecular complexity index is 469. The van der Waals surface area contributed by atoms with Gasteiger partial charge in [-0.05, 0) is 12.1 Å². The molecule has 2 aromatic rings. The highest BCUT2D eigenvalue weighted by Crippen LogP contribution is 2.22. The van der Waals surface area contributed by atoms with E-state index in [1.54, 1.807) is 18.0 Å². The maximum atomic E-state index is 5.30. The molecule has 0 aliphatic rings. The first-order chi connectivity index (χ1) is 8.35. The molecule has 0 amide bonds. The van der Waals surface area contributed by atoms with E-state index in [0.717, 1.165) is 17.0 Å². The summed E-state index contributed by atoms with van der Waals surface area (Å²) in [5.41, 5.74) is 1.86. The van der Waals surface area contributed by atoms with Crippen molar-refractivity contribution >= 4 is 0 Å². The zero-order valence-electron chi connectivity index (χ0n) is 9.79. The molecule has 1 aromatic heterocycles. The molecule has 0 saturated carbocycles. The highest BCUT2D eigenvalue weighted by Gasteiger charge is 2.06. The molecule has 0 radical (unpaired) electrons. The number of rotatable bonds is 5. The maximum Gasteiger partial charge on any atom is 0.126 e. The number of hydrogen-bond donors (Lipinski definition) is 0. The molecular weight excluding hydrogens is 220 g/mol. The van der Waals surface area contributed by atoms with Crippen molar-refractivity contribution in [3.05, 3.63) is 42.2 Å². The predicted molar refractivity (Wildman–Crippen MR) is 61.9 cm³/mol. The van der Waals surface area contributed by atoms with Crippen molar-refractivity contribution in [2.24, 2.45) is 0 Å². The molecule has 17 heavy (non-hydrogen) atoms. The lowest BCUT2D eigenvalue weighted by atomic mass is 10.2. The number of nitrogens with zero attached hydrogens (tertiary/aromatic N) is 2. The van der Waals surface area contributed by atoms with E-state index in [1.165, 1.54) is 7.11 Å². The Kier molecular flexibility index (Phi) is 3.74. The molecule has 1 heterocycles. The molecule has 0 aliphatic heterocycles. The molecule has 0 N–H and O–H groups in total. The third-order valence-electron chi connectivity index (χ3n) is 2.37. The van der Waals surface area contributed by atoms with Gasteiger partial charge in [0, 0.05) is 24.0 Å². The van der Waals surface area contributed by atoms with Gasteiger partial charge in [-0.25, -0.2) is 14.5 Å². The second kappa shape index (κ2) is 5.47. The van der Waals surface area contributed by atoms with Crippen LogP contribution < -0.4 is 4.74 Å². The van der Waals surface area contributed by atoms with Gasteiger partial charge in [-0.2, -0.15) is 5.10 Å². The van der Waals surface area contributed by atoms with Gasteiger partial charge in [0.1, 0.15) is 12.4 Å². The van der Waals surface area contributed by atoms with E-state index < -0.39 is 0 Å². The predicted octanol–water partition coefficient (Wildman–Crippen LogP) is 1.96. The highest BCUT2D eigenvalue weighted by atomic mass is 17.2. The van der Waals surface area contributed by atoms with Gasteiger partial charge in [0.15, 0.2) is 0 Å². The van der Waals surface area contributed by atoms with E-state index in [9.17, 15) is 0 Å². The smallest absolute Gasteiger partial charge is 0.126 e. The second-order valence-corrected chi connectivity index (χ2v) is 3.38. The molecule has 0 saturated heterocycles. The van der Waals surface area contributed by atoms with Gasteiger partial charge in [0.05, 0.1) is 19.9 Å². The van der Waals surface area contributed by atoms with Crippen LogP contribution in [-0.4, -0.2) is 24.0 Å². The molecule has 1 aromatic carbocycles. The Morgan fingerprint density at radius 2 is 2.18 bits per heavy atom. The lowest BCUT2D eigenvalue weighted by Gasteiger charge is -2.10. The fraction of sp³-hybridized carbons (Fsp3) is 0.250. The minimum Gasteiger partial charge on any atom is -0.496 e. The Balaban J connectivity index is 2.27. The average Bonchev–Trinajstić information content (AvgIpc) is 2.90. The standard InChI is InChI=1S/C12H14N2O3/c1-15-12-8-11(14-7-3-6-13-14)5-4-10(12)9-17-16-2/h3-8H,9H2,1-2H3. The zero-order valence-corrected chi connectivity index (χ0v) is 9.79. The SMILES string of the molecule is COOCc1ccc(-n2cccn2)cc1OC. The summed E-state index contributed by atoms with van der Waals surface area (Å²) in [6, 6.07) is 7.65. The van der Waals surface area contributed by atoms with Crippen LogP contribution in [0, 0.1) is 0 Å². The summed E-state index contributed by atoms with van der Waals surface area (Å²) in [6.45, 7) is 0.346. The quantitative estimate of drug-likeness (QED) is 0.586. The van der Waals surface area contributed by atoms with Crippen molar-refractivity contribution in [3.63, 3.8) is 0 Å². The van der Waals surface area contributed by atoms with Crippen LogP contribution in [0.4, 0.5) is 0 Å². The molecule has 0 spiro atoms. The molecule has 0 atom stereocenters. The first-order valence-corrected chi connectivity index (χ1v) is 5.17. The molecule has 90 valence electrons. The fourth-order valence-electron chi connectivity index (χ4n) is 1.54. The van der Waals surface area contributed by atoms with Gasteiger partial charge in [-0.1, -0.05) is 6.07 Å². The monoisotopic (exact) mass is 234 g/mol. The summed E-state index contributed by atoms with van der Waals surface area (Å²) in [7, 11) is 3.10. The minimum absolute atomic E-state index is 0.346. The van der Waals surface area contributed by atoms with Crippen LogP contribution in [0.15, 0.2) is 36.7 Å². The van der Waals surface area contributed by atoms with Crippen molar-refractivity contribution in [2.45, 2.75) is 6.61 Å². The molecule has 0 fully saturated rings. The molecule has 0 bridgehead atoms.